The number of aromatic nitrogens is 1. The zero-order valence-corrected chi connectivity index (χ0v) is 13.6. The zero-order chi connectivity index (χ0) is 16.8. The first-order chi connectivity index (χ1) is 11.7. The molecule has 5 heteroatoms. The first kappa shape index (κ1) is 16.1. The Bertz CT molecular complexity index is 841. The van der Waals surface area contributed by atoms with Crippen molar-refractivity contribution in [3.05, 3.63) is 83.3 Å². The van der Waals surface area contributed by atoms with Crippen LogP contribution in [0.1, 0.15) is 10.6 Å². The molecule has 0 aliphatic heterocycles. The molecule has 24 heavy (non-hydrogen) atoms. The Hall–Kier alpha value is -2.79. The van der Waals surface area contributed by atoms with Crippen LogP contribution in [0.2, 0.25) is 0 Å². The van der Waals surface area contributed by atoms with Crippen LogP contribution in [0.15, 0.2) is 66.9 Å². The van der Waals surface area contributed by atoms with Crippen molar-refractivity contribution in [3.63, 3.8) is 0 Å². The Morgan fingerprint density at radius 3 is 2.71 bits per heavy atom. The van der Waals surface area contributed by atoms with E-state index in [1.807, 2.05) is 30.3 Å². The average Bonchev–Trinajstić information content (AvgIpc) is 3.09. The molecule has 2 heterocycles. The van der Waals surface area contributed by atoms with Crippen molar-refractivity contribution in [3.8, 4) is 10.4 Å². The van der Waals surface area contributed by atoms with Gasteiger partial charge in [-0.05, 0) is 48.0 Å². The number of hydrogen-bond acceptors (Lipinski definition) is 3. The third kappa shape index (κ3) is 4.36. The molecule has 1 aromatic carbocycles. The fourth-order valence-corrected chi connectivity index (χ4v) is 3.02. The van der Waals surface area contributed by atoms with Crippen LogP contribution in [0.4, 0.5) is 4.39 Å². The van der Waals surface area contributed by atoms with Crippen molar-refractivity contribution in [2.45, 2.75) is 6.54 Å². The number of halogens is 1. The van der Waals surface area contributed by atoms with Gasteiger partial charge in [-0.15, -0.1) is 11.3 Å². The number of nitrogens with one attached hydrogen (secondary N) is 1. The molecular weight excluding hydrogens is 323 g/mol. The van der Waals surface area contributed by atoms with E-state index in [4.69, 9.17) is 0 Å². The molecule has 120 valence electrons. The maximum Gasteiger partial charge on any atom is 0.244 e. The Kier molecular flexibility index (Phi) is 5.13. The van der Waals surface area contributed by atoms with Gasteiger partial charge in [-0.1, -0.05) is 18.2 Å². The van der Waals surface area contributed by atoms with Crippen LogP contribution in [0.5, 0.6) is 0 Å². The highest BCUT2D eigenvalue weighted by molar-refractivity contribution is 7.16. The van der Waals surface area contributed by atoms with Crippen molar-refractivity contribution in [2.24, 2.45) is 0 Å². The second kappa shape index (κ2) is 7.66. The molecule has 0 bridgehead atoms. The molecule has 0 spiro atoms. The minimum absolute atomic E-state index is 0.169. The van der Waals surface area contributed by atoms with Gasteiger partial charge in [-0.2, -0.15) is 0 Å². The van der Waals surface area contributed by atoms with Gasteiger partial charge < -0.3 is 5.32 Å². The highest BCUT2D eigenvalue weighted by Gasteiger charge is 2.02. The summed E-state index contributed by atoms with van der Waals surface area (Å²) in [7, 11) is 0. The summed E-state index contributed by atoms with van der Waals surface area (Å²) in [6.07, 6.45) is 4.97. The maximum atomic E-state index is 13.0. The Labute approximate surface area is 143 Å². The first-order valence-corrected chi connectivity index (χ1v) is 8.24. The molecule has 1 amide bonds. The zero-order valence-electron chi connectivity index (χ0n) is 12.8. The van der Waals surface area contributed by atoms with Gasteiger partial charge in [0, 0.05) is 22.0 Å². The van der Waals surface area contributed by atoms with Crippen LogP contribution in [-0.2, 0) is 11.3 Å². The smallest absolute Gasteiger partial charge is 0.244 e. The summed E-state index contributed by atoms with van der Waals surface area (Å²) >= 11 is 1.55. The number of nitrogens with zero attached hydrogens (tertiary/aromatic N) is 1. The number of carbonyl (C=O) groups excluding carboxylic acids is 1. The summed E-state index contributed by atoms with van der Waals surface area (Å²) < 4.78 is 13.0. The predicted molar refractivity (Wildman–Crippen MR) is 94.8 cm³/mol. The van der Waals surface area contributed by atoms with Crippen molar-refractivity contribution in [1.82, 2.24) is 10.3 Å². The maximum absolute atomic E-state index is 13.0. The molecule has 3 aromatic rings. The van der Waals surface area contributed by atoms with Gasteiger partial charge >= 0.3 is 0 Å². The summed E-state index contributed by atoms with van der Waals surface area (Å²) in [5.41, 5.74) is 1.77. The largest absolute Gasteiger partial charge is 0.347 e. The lowest BCUT2D eigenvalue weighted by Gasteiger charge is -2.00. The molecule has 0 fully saturated rings. The Morgan fingerprint density at radius 2 is 1.96 bits per heavy atom. The monoisotopic (exact) mass is 338 g/mol. The second-order valence-corrected chi connectivity index (χ2v) is 6.20. The van der Waals surface area contributed by atoms with E-state index in [1.54, 1.807) is 35.7 Å². The van der Waals surface area contributed by atoms with E-state index in [-0.39, 0.29) is 11.7 Å². The summed E-state index contributed by atoms with van der Waals surface area (Å²) in [5, 5.41) is 2.79. The van der Waals surface area contributed by atoms with Crippen molar-refractivity contribution >= 4 is 23.3 Å². The van der Waals surface area contributed by atoms with Crippen molar-refractivity contribution in [1.29, 1.82) is 0 Å². The summed E-state index contributed by atoms with van der Waals surface area (Å²) in [5.74, 6) is -0.419. The van der Waals surface area contributed by atoms with Crippen LogP contribution in [0.3, 0.4) is 0 Å². The van der Waals surface area contributed by atoms with E-state index in [0.717, 1.165) is 21.0 Å². The predicted octanol–water partition coefficient (Wildman–Crippen LogP) is 4.28. The first-order valence-electron chi connectivity index (χ1n) is 7.42. The topological polar surface area (TPSA) is 42.0 Å². The average molecular weight is 338 g/mol. The normalized spacial score (nSPS) is 10.9. The van der Waals surface area contributed by atoms with E-state index in [9.17, 15) is 9.18 Å². The van der Waals surface area contributed by atoms with Gasteiger partial charge in [-0.3, -0.25) is 9.78 Å². The molecule has 0 radical (unpaired) electrons. The van der Waals surface area contributed by atoms with Gasteiger partial charge in [0.15, 0.2) is 0 Å². The molecule has 0 aliphatic carbocycles. The number of benzene rings is 1. The van der Waals surface area contributed by atoms with Gasteiger partial charge in [0.25, 0.3) is 0 Å². The number of pyridine rings is 1. The van der Waals surface area contributed by atoms with Gasteiger partial charge in [0.2, 0.25) is 5.91 Å². The third-order valence-electron chi connectivity index (χ3n) is 3.32. The highest BCUT2D eigenvalue weighted by atomic mass is 32.1. The Morgan fingerprint density at radius 1 is 1.12 bits per heavy atom. The highest BCUT2D eigenvalue weighted by Crippen LogP contribution is 2.28. The van der Waals surface area contributed by atoms with Gasteiger partial charge in [0.05, 0.1) is 12.2 Å². The van der Waals surface area contributed by atoms with Crippen molar-refractivity contribution < 1.29 is 9.18 Å². The fraction of sp³-hybridized carbons (Fsp3) is 0.0526. The molecule has 0 unspecified atom stereocenters. The number of carbonyl (C=O) groups is 1. The number of hydrogen-bond donors (Lipinski definition) is 1. The SMILES string of the molecule is O=C(/C=C/c1ccc(-c2ccc(F)cc2)s1)NCc1ccccn1. The van der Waals surface area contributed by atoms with Crippen LogP contribution < -0.4 is 5.32 Å². The minimum atomic E-state index is -0.250. The molecule has 0 aliphatic rings. The number of rotatable bonds is 5. The lowest BCUT2D eigenvalue weighted by Crippen LogP contribution is -2.20. The standard InChI is InChI=1S/C19H15FN2OS/c20-15-6-4-14(5-7-15)18-10-8-17(24-18)9-11-19(23)22-13-16-3-1-2-12-21-16/h1-12H,13H2,(H,22,23)/b11-9+. The van der Waals surface area contributed by atoms with E-state index >= 15 is 0 Å². The summed E-state index contributed by atoms with van der Waals surface area (Å²) in [6, 6.07) is 15.8. The fourth-order valence-electron chi connectivity index (χ4n) is 2.11. The summed E-state index contributed by atoms with van der Waals surface area (Å²) in [6.45, 7) is 0.398. The van der Waals surface area contributed by atoms with Gasteiger partial charge in [-0.25, -0.2) is 4.39 Å². The molecule has 3 rings (SSSR count). The van der Waals surface area contributed by atoms with E-state index in [0.29, 0.717) is 6.54 Å². The molecule has 0 saturated heterocycles. The lowest BCUT2D eigenvalue weighted by molar-refractivity contribution is -0.116. The van der Waals surface area contributed by atoms with Gasteiger partial charge in [0.1, 0.15) is 5.82 Å². The van der Waals surface area contributed by atoms with Crippen LogP contribution in [0, 0.1) is 5.82 Å². The molecule has 0 atom stereocenters. The Balaban J connectivity index is 1.58. The van der Waals surface area contributed by atoms with E-state index < -0.39 is 0 Å². The van der Waals surface area contributed by atoms with Crippen LogP contribution in [0.25, 0.3) is 16.5 Å². The molecule has 2 aromatic heterocycles. The molecule has 1 N–H and O–H groups in total. The van der Waals surface area contributed by atoms with E-state index in [1.165, 1.54) is 18.2 Å². The summed E-state index contributed by atoms with van der Waals surface area (Å²) in [4.78, 5) is 18.0. The third-order valence-corrected chi connectivity index (χ3v) is 4.42. The number of amides is 1. The molecule has 3 nitrogen and oxygen atoms in total. The van der Waals surface area contributed by atoms with E-state index in [2.05, 4.69) is 10.3 Å². The lowest BCUT2D eigenvalue weighted by atomic mass is 10.2. The molecule has 0 saturated carbocycles. The number of thiophene rings is 1. The van der Waals surface area contributed by atoms with Crippen molar-refractivity contribution in [2.75, 3.05) is 0 Å². The van der Waals surface area contributed by atoms with Crippen LogP contribution >= 0.6 is 11.3 Å². The van der Waals surface area contributed by atoms with Crippen LogP contribution in [-0.4, -0.2) is 10.9 Å². The quantitative estimate of drug-likeness (QED) is 0.706. The minimum Gasteiger partial charge on any atom is -0.347 e. The second-order valence-electron chi connectivity index (χ2n) is 5.08. The molecular formula is C19H15FN2OS.